The molecule has 1 rings (SSSR count). The van der Waals surface area contributed by atoms with E-state index in [4.69, 9.17) is 10.5 Å². The number of carbonyl (C=O) groups excluding carboxylic acids is 1. The van der Waals surface area contributed by atoms with Crippen LogP contribution < -0.4 is 16.4 Å². The Morgan fingerprint density at radius 2 is 2.05 bits per heavy atom. The van der Waals surface area contributed by atoms with Gasteiger partial charge in [0, 0.05) is 19.1 Å². The number of nitrogens with zero attached hydrogens (tertiary/aromatic N) is 2. The van der Waals surface area contributed by atoms with Gasteiger partial charge in [0.1, 0.15) is 5.60 Å². The third kappa shape index (κ3) is 7.49. The lowest BCUT2D eigenvalue weighted by Crippen LogP contribution is -2.41. The number of carbonyl (C=O) groups is 1. The van der Waals surface area contributed by atoms with E-state index in [1.54, 1.807) is 0 Å². The van der Waals surface area contributed by atoms with Crippen LogP contribution >= 0.6 is 0 Å². The van der Waals surface area contributed by atoms with Crippen LogP contribution in [-0.2, 0) is 4.74 Å². The summed E-state index contributed by atoms with van der Waals surface area (Å²) in [6.45, 7) is 11.6. The molecule has 1 fully saturated rings. The molecule has 0 aromatic rings. The van der Waals surface area contributed by atoms with Crippen LogP contribution in [0.3, 0.4) is 0 Å². The molecular formula is C15H31N5O2. The molecule has 1 heterocycles. The minimum atomic E-state index is -0.482. The summed E-state index contributed by atoms with van der Waals surface area (Å²) >= 11 is 0. The number of amides is 1. The van der Waals surface area contributed by atoms with Crippen molar-refractivity contribution in [3.8, 4) is 0 Å². The van der Waals surface area contributed by atoms with Crippen LogP contribution in [0.15, 0.2) is 4.99 Å². The van der Waals surface area contributed by atoms with Crippen molar-refractivity contribution >= 4 is 12.1 Å². The molecule has 0 aliphatic carbocycles. The fourth-order valence-corrected chi connectivity index (χ4v) is 2.45. The van der Waals surface area contributed by atoms with Crippen LogP contribution in [0.4, 0.5) is 4.79 Å². The zero-order valence-electron chi connectivity index (χ0n) is 14.3. The molecule has 0 aromatic carbocycles. The molecule has 0 radical (unpaired) electrons. The van der Waals surface area contributed by atoms with Crippen molar-refractivity contribution in [3.05, 3.63) is 0 Å². The maximum Gasteiger partial charge on any atom is 0.407 e. The fraction of sp³-hybridized carbons (Fsp3) is 0.867. The lowest BCUT2D eigenvalue weighted by molar-refractivity contribution is 0.0529. The van der Waals surface area contributed by atoms with E-state index in [0.717, 1.165) is 19.6 Å². The van der Waals surface area contributed by atoms with E-state index < -0.39 is 11.7 Å². The Labute approximate surface area is 133 Å². The first-order chi connectivity index (χ1) is 10.3. The van der Waals surface area contributed by atoms with Crippen molar-refractivity contribution in [2.75, 3.05) is 32.7 Å². The molecule has 22 heavy (non-hydrogen) atoms. The average Bonchev–Trinajstić information content (AvgIpc) is 2.86. The molecule has 1 unspecified atom stereocenters. The van der Waals surface area contributed by atoms with Crippen molar-refractivity contribution in [3.63, 3.8) is 0 Å². The van der Waals surface area contributed by atoms with E-state index in [1.165, 1.54) is 12.8 Å². The smallest absolute Gasteiger partial charge is 0.407 e. The Bertz CT molecular complexity index is 379. The summed E-state index contributed by atoms with van der Waals surface area (Å²) in [6.07, 6.45) is 2.00. The second-order valence-electron chi connectivity index (χ2n) is 6.51. The number of nitrogens with one attached hydrogen (secondary N) is 2. The Hall–Kier alpha value is -1.50. The molecule has 0 aromatic heterocycles. The van der Waals surface area contributed by atoms with Crippen LogP contribution in [0.2, 0.25) is 0 Å². The van der Waals surface area contributed by atoms with Gasteiger partial charge in [-0.2, -0.15) is 0 Å². The Kier molecular flexibility index (Phi) is 7.44. The van der Waals surface area contributed by atoms with Crippen molar-refractivity contribution in [2.24, 2.45) is 10.7 Å². The molecule has 0 bridgehead atoms. The molecule has 7 nitrogen and oxygen atoms in total. The SMILES string of the molecule is CCN1CCCC1CN=C(N)NCCNC(=O)OC(C)(C)C. The van der Waals surface area contributed by atoms with Gasteiger partial charge in [0.25, 0.3) is 0 Å². The van der Waals surface area contributed by atoms with Gasteiger partial charge in [-0.05, 0) is 46.7 Å². The fourth-order valence-electron chi connectivity index (χ4n) is 2.45. The molecule has 0 spiro atoms. The van der Waals surface area contributed by atoms with Crippen LogP contribution in [0.5, 0.6) is 0 Å². The summed E-state index contributed by atoms with van der Waals surface area (Å²) in [5.74, 6) is 0.425. The second kappa shape index (κ2) is 8.82. The largest absolute Gasteiger partial charge is 0.444 e. The van der Waals surface area contributed by atoms with E-state index in [2.05, 4.69) is 27.4 Å². The number of likely N-dealkylation sites (tertiary alicyclic amines) is 1. The first kappa shape index (κ1) is 18.5. The Morgan fingerprint density at radius 3 is 2.68 bits per heavy atom. The van der Waals surface area contributed by atoms with Gasteiger partial charge in [0.2, 0.25) is 0 Å². The molecule has 1 saturated heterocycles. The number of hydrogen-bond acceptors (Lipinski definition) is 4. The number of likely N-dealkylation sites (N-methyl/N-ethyl adjacent to an activating group) is 1. The van der Waals surface area contributed by atoms with Crippen molar-refractivity contribution in [1.29, 1.82) is 0 Å². The number of guanidine groups is 1. The van der Waals surface area contributed by atoms with E-state index >= 15 is 0 Å². The number of hydrogen-bond donors (Lipinski definition) is 3. The maximum absolute atomic E-state index is 11.4. The van der Waals surface area contributed by atoms with Gasteiger partial charge in [-0.15, -0.1) is 0 Å². The highest BCUT2D eigenvalue weighted by atomic mass is 16.6. The first-order valence-corrected chi connectivity index (χ1v) is 8.06. The molecule has 128 valence electrons. The Balaban J connectivity index is 2.16. The summed E-state index contributed by atoms with van der Waals surface area (Å²) in [7, 11) is 0. The van der Waals surface area contributed by atoms with Gasteiger partial charge in [-0.25, -0.2) is 4.79 Å². The molecular weight excluding hydrogens is 282 g/mol. The number of nitrogens with two attached hydrogens (primary N) is 1. The topological polar surface area (TPSA) is 92.0 Å². The van der Waals surface area contributed by atoms with Gasteiger partial charge in [0.05, 0.1) is 6.54 Å². The van der Waals surface area contributed by atoms with Crippen LogP contribution in [0.25, 0.3) is 0 Å². The highest BCUT2D eigenvalue weighted by Gasteiger charge is 2.22. The van der Waals surface area contributed by atoms with Gasteiger partial charge in [0.15, 0.2) is 5.96 Å². The zero-order chi connectivity index (χ0) is 16.6. The summed E-state index contributed by atoms with van der Waals surface area (Å²) in [5, 5.41) is 5.66. The van der Waals surface area contributed by atoms with Crippen molar-refractivity contribution in [2.45, 2.75) is 52.2 Å². The van der Waals surface area contributed by atoms with Crippen molar-refractivity contribution < 1.29 is 9.53 Å². The monoisotopic (exact) mass is 313 g/mol. The molecule has 1 atom stereocenters. The first-order valence-electron chi connectivity index (χ1n) is 8.06. The molecule has 7 heteroatoms. The lowest BCUT2D eigenvalue weighted by atomic mass is 10.2. The average molecular weight is 313 g/mol. The Morgan fingerprint density at radius 1 is 1.36 bits per heavy atom. The summed E-state index contributed by atoms with van der Waals surface area (Å²) < 4.78 is 5.14. The minimum Gasteiger partial charge on any atom is -0.444 e. The van der Waals surface area contributed by atoms with Gasteiger partial charge < -0.3 is 21.1 Å². The van der Waals surface area contributed by atoms with Crippen LogP contribution in [0.1, 0.15) is 40.5 Å². The van der Waals surface area contributed by atoms with Gasteiger partial charge in [-0.1, -0.05) is 6.92 Å². The normalized spacial score (nSPS) is 20.0. The van der Waals surface area contributed by atoms with E-state index in [9.17, 15) is 4.79 Å². The number of ether oxygens (including phenoxy) is 1. The highest BCUT2D eigenvalue weighted by Crippen LogP contribution is 2.16. The van der Waals surface area contributed by atoms with E-state index in [-0.39, 0.29) is 0 Å². The minimum absolute atomic E-state index is 0.422. The quantitative estimate of drug-likeness (QED) is 0.385. The molecule has 0 saturated carbocycles. The maximum atomic E-state index is 11.4. The number of rotatable bonds is 6. The van der Waals surface area contributed by atoms with Crippen LogP contribution in [-0.4, -0.2) is 61.3 Å². The number of alkyl carbamates (subject to hydrolysis) is 1. The number of aliphatic imine (C=N–C) groups is 1. The van der Waals surface area contributed by atoms with Gasteiger partial charge in [-0.3, -0.25) is 9.89 Å². The van der Waals surface area contributed by atoms with Crippen molar-refractivity contribution in [1.82, 2.24) is 15.5 Å². The van der Waals surface area contributed by atoms with Crippen LogP contribution in [0, 0.1) is 0 Å². The lowest BCUT2D eigenvalue weighted by Gasteiger charge is -2.21. The van der Waals surface area contributed by atoms with E-state index in [0.29, 0.717) is 25.1 Å². The molecule has 1 amide bonds. The van der Waals surface area contributed by atoms with E-state index in [1.807, 2.05) is 20.8 Å². The summed E-state index contributed by atoms with van der Waals surface area (Å²) in [6, 6.07) is 0.505. The third-order valence-corrected chi connectivity index (χ3v) is 3.48. The summed E-state index contributed by atoms with van der Waals surface area (Å²) in [4.78, 5) is 18.3. The third-order valence-electron chi connectivity index (χ3n) is 3.48. The molecule has 1 aliphatic rings. The zero-order valence-corrected chi connectivity index (χ0v) is 14.3. The standard InChI is InChI=1S/C15H31N5O2/c1-5-20-10-6-7-12(20)11-19-13(16)17-8-9-18-14(21)22-15(2,3)4/h12H,5-11H2,1-4H3,(H,18,21)(H3,16,17,19). The highest BCUT2D eigenvalue weighted by molar-refractivity contribution is 5.77. The van der Waals surface area contributed by atoms with Gasteiger partial charge >= 0.3 is 6.09 Å². The predicted molar refractivity (Wildman–Crippen MR) is 89.0 cm³/mol. The summed E-state index contributed by atoms with van der Waals surface area (Å²) in [5.41, 5.74) is 5.35. The second-order valence-corrected chi connectivity index (χ2v) is 6.51. The molecule has 4 N–H and O–H groups in total. The molecule has 1 aliphatic heterocycles. The predicted octanol–water partition coefficient (Wildman–Crippen LogP) is 0.900.